The van der Waals surface area contributed by atoms with Gasteiger partial charge in [0.15, 0.2) is 0 Å². The van der Waals surface area contributed by atoms with E-state index < -0.39 is 27.1 Å². The second-order valence-corrected chi connectivity index (χ2v) is 7.24. The van der Waals surface area contributed by atoms with E-state index in [4.69, 9.17) is 0 Å². The molecule has 0 aliphatic heterocycles. The van der Waals surface area contributed by atoms with Crippen molar-refractivity contribution in [2.45, 2.75) is 20.8 Å². The van der Waals surface area contributed by atoms with Crippen LogP contribution in [0.2, 0.25) is 0 Å². The van der Waals surface area contributed by atoms with Crippen LogP contribution in [-0.2, 0) is 0 Å². The molecule has 0 bridgehead atoms. The Kier molecular flexibility index (Phi) is 7.00. The number of non-ortho nitro benzene ring substituents is 1. The minimum atomic E-state index is -0.851. The lowest BCUT2D eigenvalue weighted by Crippen LogP contribution is -2.31. The average Bonchev–Trinajstić information content (AvgIpc) is 3.23. The van der Waals surface area contributed by atoms with Crippen LogP contribution in [0.5, 0.6) is 0 Å². The zero-order valence-corrected chi connectivity index (χ0v) is 18.7. The number of carbonyl (C=O) groups is 2. The second-order valence-electron chi connectivity index (χ2n) is 7.24. The van der Waals surface area contributed by atoms with Crippen molar-refractivity contribution < 1.29 is 19.4 Å². The molecule has 0 spiro atoms. The quantitative estimate of drug-likeness (QED) is 0.392. The molecule has 12 nitrogen and oxygen atoms in total. The van der Waals surface area contributed by atoms with Crippen LogP contribution in [0.15, 0.2) is 48.7 Å². The summed E-state index contributed by atoms with van der Waals surface area (Å²) in [5.74, 6) is -1.18. The van der Waals surface area contributed by atoms with Gasteiger partial charge in [-0.05, 0) is 32.9 Å². The Hall–Kier alpha value is -4.61. The third-order valence-electron chi connectivity index (χ3n) is 5.30. The molecule has 1 aromatic heterocycles. The minimum Gasteiger partial charge on any atom is -0.339 e. The number of anilines is 1. The number of aromatic nitrogens is 2. The van der Waals surface area contributed by atoms with E-state index in [1.165, 1.54) is 17.8 Å². The van der Waals surface area contributed by atoms with Gasteiger partial charge in [0, 0.05) is 24.7 Å². The molecule has 0 radical (unpaired) electrons. The number of hydrogen-bond acceptors (Lipinski definition) is 7. The summed E-state index contributed by atoms with van der Waals surface area (Å²) in [6.07, 6.45) is 1.33. The largest absolute Gasteiger partial charge is 0.339 e. The first-order chi connectivity index (χ1) is 16.2. The average molecular weight is 466 g/mol. The molecule has 2 amide bonds. The number of nitrogens with one attached hydrogen (secondary N) is 1. The lowest BCUT2D eigenvalue weighted by atomic mass is 10.0. The Morgan fingerprint density at radius 1 is 1.03 bits per heavy atom. The van der Waals surface area contributed by atoms with Crippen molar-refractivity contribution in [1.29, 1.82) is 0 Å². The summed E-state index contributed by atoms with van der Waals surface area (Å²) in [5, 5.41) is 29.5. The van der Waals surface area contributed by atoms with Crippen LogP contribution in [0, 0.1) is 27.2 Å². The van der Waals surface area contributed by atoms with Gasteiger partial charge in [0.25, 0.3) is 23.2 Å². The Morgan fingerprint density at radius 3 is 2.24 bits per heavy atom. The first kappa shape index (κ1) is 24.0. The number of nitro groups is 2. The van der Waals surface area contributed by atoms with Gasteiger partial charge in [-0.3, -0.25) is 29.8 Å². The normalized spacial score (nSPS) is 10.6. The molecule has 3 aromatic rings. The van der Waals surface area contributed by atoms with Crippen molar-refractivity contribution in [2.75, 3.05) is 18.4 Å². The van der Waals surface area contributed by atoms with Crippen molar-refractivity contribution >= 4 is 29.0 Å². The highest BCUT2D eigenvalue weighted by Crippen LogP contribution is 2.29. The Morgan fingerprint density at radius 2 is 1.68 bits per heavy atom. The van der Waals surface area contributed by atoms with Gasteiger partial charge in [-0.25, -0.2) is 4.68 Å². The molecule has 0 fully saturated rings. The fraction of sp³-hybridized carbons (Fsp3) is 0.227. The summed E-state index contributed by atoms with van der Waals surface area (Å²) >= 11 is 0. The minimum absolute atomic E-state index is 0.0432. The van der Waals surface area contributed by atoms with E-state index in [1.54, 1.807) is 35.2 Å². The zero-order chi connectivity index (χ0) is 25.0. The van der Waals surface area contributed by atoms with Crippen molar-refractivity contribution in [2.24, 2.45) is 0 Å². The molecule has 3 rings (SSSR count). The van der Waals surface area contributed by atoms with E-state index in [1.807, 2.05) is 13.8 Å². The van der Waals surface area contributed by atoms with Crippen molar-refractivity contribution in [3.63, 3.8) is 0 Å². The predicted octanol–water partition coefficient (Wildman–Crippen LogP) is 3.73. The van der Waals surface area contributed by atoms with Crippen LogP contribution in [0.3, 0.4) is 0 Å². The van der Waals surface area contributed by atoms with Gasteiger partial charge in [0.1, 0.15) is 11.4 Å². The number of rotatable bonds is 8. The summed E-state index contributed by atoms with van der Waals surface area (Å²) in [7, 11) is 0. The highest BCUT2D eigenvalue weighted by molar-refractivity contribution is 6.09. The summed E-state index contributed by atoms with van der Waals surface area (Å²) in [6.45, 7) is 5.80. The molecule has 0 saturated carbocycles. The highest BCUT2D eigenvalue weighted by Gasteiger charge is 2.28. The lowest BCUT2D eigenvalue weighted by Gasteiger charge is -2.19. The predicted molar refractivity (Wildman–Crippen MR) is 123 cm³/mol. The van der Waals surface area contributed by atoms with E-state index in [0.717, 1.165) is 12.1 Å². The number of para-hydroxylation sites is 1. The molecule has 0 unspecified atom stereocenters. The molecule has 0 aliphatic carbocycles. The zero-order valence-electron chi connectivity index (χ0n) is 18.7. The summed E-state index contributed by atoms with van der Waals surface area (Å²) in [5.41, 5.74) is -0.802. The molecule has 176 valence electrons. The first-order valence-corrected chi connectivity index (χ1v) is 10.4. The van der Waals surface area contributed by atoms with E-state index >= 15 is 0 Å². The lowest BCUT2D eigenvalue weighted by molar-refractivity contribution is -0.394. The van der Waals surface area contributed by atoms with Crippen molar-refractivity contribution in [3.8, 4) is 5.69 Å². The van der Waals surface area contributed by atoms with Gasteiger partial charge >= 0.3 is 0 Å². The maximum Gasteiger partial charge on any atom is 0.279 e. The molecular weight excluding hydrogens is 444 g/mol. The Balaban J connectivity index is 2.14. The standard InChI is InChI=1S/C22H22N6O6/c1-4-25(5-2)22(30)18-13-23-26(15-9-7-6-8-10-15)20(18)24-21(29)17-11-16(27(31)32)12-19(14(17)3)28(33)34/h6-13H,4-5H2,1-3H3,(H,24,29). The number of amides is 2. The number of nitro benzene ring substituents is 2. The van der Waals surface area contributed by atoms with Crippen molar-refractivity contribution in [1.82, 2.24) is 14.7 Å². The third-order valence-corrected chi connectivity index (χ3v) is 5.30. The van der Waals surface area contributed by atoms with Crippen LogP contribution < -0.4 is 5.32 Å². The van der Waals surface area contributed by atoms with Gasteiger partial charge in [-0.15, -0.1) is 0 Å². The second kappa shape index (κ2) is 9.90. The molecule has 34 heavy (non-hydrogen) atoms. The van der Waals surface area contributed by atoms with Gasteiger partial charge < -0.3 is 10.2 Å². The SMILES string of the molecule is CCN(CC)C(=O)c1cnn(-c2ccccc2)c1NC(=O)c1cc([N+](=O)[O-])cc([N+](=O)[O-])c1C. The number of carbonyl (C=O) groups excluding carboxylic acids is 2. The maximum atomic E-state index is 13.2. The summed E-state index contributed by atoms with van der Waals surface area (Å²) in [4.78, 5) is 48.9. The third kappa shape index (κ3) is 4.60. The Bertz CT molecular complexity index is 1270. The van der Waals surface area contributed by atoms with Gasteiger partial charge in [0.2, 0.25) is 0 Å². The molecule has 2 aromatic carbocycles. The van der Waals surface area contributed by atoms with Crippen LogP contribution in [0.25, 0.3) is 5.69 Å². The molecule has 0 saturated heterocycles. The smallest absolute Gasteiger partial charge is 0.279 e. The summed E-state index contributed by atoms with van der Waals surface area (Å²) in [6, 6.07) is 10.5. The number of hydrogen-bond donors (Lipinski definition) is 1. The van der Waals surface area contributed by atoms with E-state index in [0.29, 0.717) is 18.8 Å². The Labute approximate surface area is 194 Å². The number of nitrogens with zero attached hydrogens (tertiary/aromatic N) is 5. The van der Waals surface area contributed by atoms with Gasteiger partial charge in [0.05, 0.1) is 33.4 Å². The summed E-state index contributed by atoms with van der Waals surface area (Å²) < 4.78 is 1.36. The first-order valence-electron chi connectivity index (χ1n) is 10.4. The van der Waals surface area contributed by atoms with Gasteiger partial charge in [-0.1, -0.05) is 18.2 Å². The maximum absolute atomic E-state index is 13.2. The molecule has 0 aliphatic rings. The monoisotopic (exact) mass is 466 g/mol. The topological polar surface area (TPSA) is 154 Å². The van der Waals surface area contributed by atoms with Crippen LogP contribution in [0.1, 0.15) is 40.1 Å². The van der Waals surface area contributed by atoms with Crippen LogP contribution in [-0.4, -0.2) is 49.4 Å². The number of benzene rings is 2. The molecule has 12 heteroatoms. The molecule has 1 heterocycles. The molecular formula is C22H22N6O6. The molecule has 0 atom stereocenters. The van der Waals surface area contributed by atoms with Crippen LogP contribution in [0.4, 0.5) is 17.2 Å². The van der Waals surface area contributed by atoms with Crippen molar-refractivity contribution in [3.05, 3.63) is 85.6 Å². The van der Waals surface area contributed by atoms with E-state index in [9.17, 15) is 29.8 Å². The highest BCUT2D eigenvalue weighted by atomic mass is 16.6. The molecule has 1 N–H and O–H groups in total. The fourth-order valence-corrected chi connectivity index (χ4v) is 3.46. The fourth-order valence-electron chi connectivity index (χ4n) is 3.46. The van der Waals surface area contributed by atoms with Crippen LogP contribution >= 0.6 is 0 Å². The van der Waals surface area contributed by atoms with E-state index in [2.05, 4.69) is 10.4 Å². The van der Waals surface area contributed by atoms with E-state index in [-0.39, 0.29) is 28.4 Å². The van der Waals surface area contributed by atoms with Gasteiger partial charge in [-0.2, -0.15) is 5.10 Å².